The summed E-state index contributed by atoms with van der Waals surface area (Å²) in [6.07, 6.45) is 2.12. The number of ether oxygens (including phenoxy) is 1. The van der Waals surface area contributed by atoms with Crippen molar-refractivity contribution < 1.29 is 14.3 Å². The number of anilines is 1. The van der Waals surface area contributed by atoms with Crippen LogP contribution < -0.4 is 10.1 Å². The van der Waals surface area contributed by atoms with Gasteiger partial charge in [0.05, 0.1) is 16.9 Å². The van der Waals surface area contributed by atoms with Crippen LogP contribution in [0.5, 0.6) is 5.88 Å². The molecule has 0 unspecified atom stereocenters. The maximum absolute atomic E-state index is 12.6. The van der Waals surface area contributed by atoms with Gasteiger partial charge < -0.3 is 10.1 Å². The molecule has 6 heteroatoms. The number of nitrogens with zero attached hydrogens (tertiary/aromatic N) is 2. The Hall–Kier alpha value is -4.19. The van der Waals surface area contributed by atoms with E-state index in [-0.39, 0.29) is 5.91 Å². The first kappa shape index (κ1) is 21.6. The predicted octanol–water partition coefficient (Wildman–Crippen LogP) is 5.90. The Balaban J connectivity index is 1.51. The van der Waals surface area contributed by atoms with Gasteiger partial charge in [-0.15, -0.1) is 0 Å². The molecule has 1 aliphatic rings. The molecule has 170 valence electrons. The van der Waals surface area contributed by atoms with Crippen LogP contribution in [0.25, 0.3) is 16.8 Å². The molecule has 0 atom stereocenters. The number of aromatic nitrogens is 2. The third-order valence-corrected chi connectivity index (χ3v) is 5.79. The fourth-order valence-electron chi connectivity index (χ4n) is 4.02. The zero-order valence-corrected chi connectivity index (χ0v) is 19.1. The minimum absolute atomic E-state index is 0.160. The Morgan fingerprint density at radius 3 is 2.35 bits per heavy atom. The molecule has 6 nitrogen and oxygen atoms in total. The summed E-state index contributed by atoms with van der Waals surface area (Å²) < 4.78 is 7.41. The van der Waals surface area contributed by atoms with Gasteiger partial charge in [-0.2, -0.15) is 9.78 Å². The van der Waals surface area contributed by atoms with Crippen LogP contribution in [0.2, 0.25) is 0 Å². The average molecular weight is 452 g/mol. The van der Waals surface area contributed by atoms with E-state index in [0.717, 1.165) is 40.9 Å². The number of aryl methyl sites for hydroxylation is 1. The third-order valence-electron chi connectivity index (χ3n) is 5.79. The van der Waals surface area contributed by atoms with Crippen LogP contribution in [-0.2, 0) is 4.79 Å². The highest BCUT2D eigenvalue weighted by atomic mass is 16.5. The summed E-state index contributed by atoms with van der Waals surface area (Å²) in [5.41, 5.74) is 5.79. The fourth-order valence-corrected chi connectivity index (χ4v) is 4.02. The van der Waals surface area contributed by atoms with E-state index in [1.807, 2.05) is 79.7 Å². The number of esters is 1. The molecule has 4 aromatic rings. The van der Waals surface area contributed by atoms with Crippen LogP contribution in [0.1, 0.15) is 47.3 Å². The van der Waals surface area contributed by atoms with Crippen molar-refractivity contribution in [3.63, 3.8) is 0 Å². The molecule has 1 aliphatic carbocycles. The van der Waals surface area contributed by atoms with Crippen LogP contribution in [0, 0.1) is 6.92 Å². The minimum Gasteiger partial charge on any atom is -0.407 e. The van der Waals surface area contributed by atoms with Gasteiger partial charge in [-0.05, 0) is 61.7 Å². The Morgan fingerprint density at radius 2 is 1.71 bits per heavy atom. The third kappa shape index (κ3) is 4.48. The van der Waals surface area contributed by atoms with Crippen molar-refractivity contribution in [1.82, 2.24) is 9.78 Å². The van der Waals surface area contributed by atoms with E-state index in [0.29, 0.717) is 23.0 Å². The first-order valence-corrected chi connectivity index (χ1v) is 11.3. The lowest BCUT2D eigenvalue weighted by Crippen LogP contribution is -2.11. The SMILES string of the molecule is CC(=O)Oc1c(-c2ccc(NC(=O)c3cccc(C)c3)cc2)c(C2CC2)nn1-c1ccccc1. The smallest absolute Gasteiger partial charge is 0.309 e. The van der Waals surface area contributed by atoms with Gasteiger partial charge in [-0.3, -0.25) is 9.59 Å². The zero-order chi connectivity index (χ0) is 23.7. The summed E-state index contributed by atoms with van der Waals surface area (Å²) in [6, 6.07) is 24.7. The highest BCUT2D eigenvalue weighted by Gasteiger charge is 2.34. The summed E-state index contributed by atoms with van der Waals surface area (Å²) in [7, 11) is 0. The number of hydrogen-bond donors (Lipinski definition) is 1. The summed E-state index contributed by atoms with van der Waals surface area (Å²) in [5, 5.41) is 7.81. The molecule has 0 bridgehead atoms. The normalized spacial score (nSPS) is 12.9. The molecule has 0 radical (unpaired) electrons. The van der Waals surface area contributed by atoms with Crippen LogP contribution >= 0.6 is 0 Å². The van der Waals surface area contributed by atoms with Crippen molar-refractivity contribution in [3.8, 4) is 22.7 Å². The number of carbonyl (C=O) groups is 2. The lowest BCUT2D eigenvalue weighted by molar-refractivity contribution is -0.132. The quantitative estimate of drug-likeness (QED) is 0.370. The van der Waals surface area contributed by atoms with Gasteiger partial charge in [-0.1, -0.05) is 48.0 Å². The first-order valence-electron chi connectivity index (χ1n) is 11.3. The molecular formula is C28H25N3O3. The van der Waals surface area contributed by atoms with Gasteiger partial charge in [0.25, 0.3) is 5.91 Å². The maximum atomic E-state index is 12.6. The summed E-state index contributed by atoms with van der Waals surface area (Å²) in [4.78, 5) is 24.6. The van der Waals surface area contributed by atoms with E-state index in [4.69, 9.17) is 9.84 Å². The number of nitrogens with one attached hydrogen (secondary N) is 1. The molecule has 1 aromatic heterocycles. The molecule has 1 saturated carbocycles. The van der Waals surface area contributed by atoms with Crippen LogP contribution in [0.4, 0.5) is 5.69 Å². The number of carbonyl (C=O) groups excluding carboxylic acids is 2. The molecule has 34 heavy (non-hydrogen) atoms. The number of hydrogen-bond acceptors (Lipinski definition) is 4. The Bertz CT molecular complexity index is 1350. The van der Waals surface area contributed by atoms with Gasteiger partial charge in [0.1, 0.15) is 0 Å². The van der Waals surface area contributed by atoms with Crippen LogP contribution in [-0.4, -0.2) is 21.7 Å². The second-order valence-electron chi connectivity index (χ2n) is 8.58. The number of benzene rings is 3. The lowest BCUT2D eigenvalue weighted by Gasteiger charge is -2.10. The Morgan fingerprint density at radius 1 is 0.971 bits per heavy atom. The topological polar surface area (TPSA) is 73.2 Å². The van der Waals surface area contributed by atoms with Gasteiger partial charge in [-0.25, -0.2) is 0 Å². The van der Waals surface area contributed by atoms with E-state index in [2.05, 4.69) is 5.32 Å². The van der Waals surface area contributed by atoms with Gasteiger partial charge in [0.2, 0.25) is 5.88 Å². The van der Waals surface area contributed by atoms with Crippen LogP contribution in [0.15, 0.2) is 78.9 Å². The highest BCUT2D eigenvalue weighted by Crippen LogP contribution is 2.48. The largest absolute Gasteiger partial charge is 0.407 e. The molecule has 1 N–H and O–H groups in total. The van der Waals surface area contributed by atoms with Gasteiger partial charge >= 0.3 is 5.97 Å². The monoisotopic (exact) mass is 451 g/mol. The van der Waals surface area contributed by atoms with Crippen molar-refractivity contribution in [1.29, 1.82) is 0 Å². The van der Waals surface area contributed by atoms with Gasteiger partial charge in [0.15, 0.2) is 0 Å². The van der Waals surface area contributed by atoms with E-state index in [9.17, 15) is 9.59 Å². The van der Waals surface area contributed by atoms with E-state index in [1.54, 1.807) is 10.7 Å². The molecule has 0 spiro atoms. The summed E-state index contributed by atoms with van der Waals surface area (Å²) >= 11 is 0. The van der Waals surface area contributed by atoms with Crippen molar-refractivity contribution >= 4 is 17.6 Å². The second-order valence-corrected chi connectivity index (χ2v) is 8.58. The molecular weight excluding hydrogens is 426 g/mol. The molecule has 5 rings (SSSR count). The maximum Gasteiger partial charge on any atom is 0.309 e. The standard InChI is InChI=1S/C28H25N3O3/c1-18-7-6-8-22(17-18)27(33)29-23-15-13-20(14-16-23)25-26(21-11-12-21)30-31(28(25)34-19(2)32)24-9-4-3-5-10-24/h3-10,13-17,21H,11-12H2,1-2H3,(H,29,33). The lowest BCUT2D eigenvalue weighted by atomic mass is 10.0. The molecule has 1 fully saturated rings. The van der Waals surface area contributed by atoms with E-state index in [1.165, 1.54) is 6.92 Å². The van der Waals surface area contributed by atoms with Crippen molar-refractivity contribution in [2.24, 2.45) is 0 Å². The molecule has 0 aliphatic heterocycles. The van der Waals surface area contributed by atoms with Gasteiger partial charge in [0, 0.05) is 24.1 Å². The first-order chi connectivity index (χ1) is 16.5. The summed E-state index contributed by atoms with van der Waals surface area (Å²) in [5.74, 6) is 0.197. The highest BCUT2D eigenvalue weighted by molar-refractivity contribution is 6.04. The van der Waals surface area contributed by atoms with Crippen LogP contribution in [0.3, 0.4) is 0 Å². The average Bonchev–Trinajstić information content (AvgIpc) is 3.62. The predicted molar refractivity (Wildman–Crippen MR) is 131 cm³/mol. The molecule has 1 heterocycles. The zero-order valence-electron chi connectivity index (χ0n) is 19.1. The van der Waals surface area contributed by atoms with Crippen molar-refractivity contribution in [2.75, 3.05) is 5.32 Å². The molecule has 0 saturated heterocycles. The number of para-hydroxylation sites is 1. The molecule has 1 amide bonds. The Labute approximate surface area is 198 Å². The number of rotatable bonds is 6. The second kappa shape index (κ2) is 8.98. The minimum atomic E-state index is -0.400. The van der Waals surface area contributed by atoms with E-state index >= 15 is 0 Å². The fraction of sp³-hybridized carbons (Fsp3) is 0.179. The number of amides is 1. The Kier molecular flexibility index (Phi) is 5.72. The molecule has 3 aromatic carbocycles. The summed E-state index contributed by atoms with van der Waals surface area (Å²) in [6.45, 7) is 3.35. The van der Waals surface area contributed by atoms with Crippen molar-refractivity contribution in [3.05, 3.63) is 95.7 Å². The van der Waals surface area contributed by atoms with E-state index < -0.39 is 5.97 Å². The van der Waals surface area contributed by atoms with Crippen molar-refractivity contribution in [2.45, 2.75) is 32.6 Å².